The predicted molar refractivity (Wildman–Crippen MR) is 234 cm³/mol. The average Bonchev–Trinajstić information content (AvgIpc) is 3.52. The molecule has 0 saturated carbocycles. The fourth-order valence-electron chi connectivity index (χ4n) is 8.13. The maximum Gasteiger partial charge on any atom is 0.407 e. The van der Waals surface area contributed by atoms with Crippen LogP contribution in [-0.4, -0.2) is 104 Å². The van der Waals surface area contributed by atoms with Crippen molar-refractivity contribution in [2.45, 2.75) is 97.6 Å². The van der Waals surface area contributed by atoms with Crippen molar-refractivity contribution in [3.63, 3.8) is 0 Å². The van der Waals surface area contributed by atoms with Crippen LogP contribution in [0.2, 0.25) is 0 Å². The Labute approximate surface area is 354 Å². The smallest absolute Gasteiger partial charge is 0.407 e. The van der Waals surface area contributed by atoms with Gasteiger partial charge in [0.1, 0.15) is 12.1 Å². The lowest BCUT2D eigenvalue weighted by atomic mass is 9.84. The van der Waals surface area contributed by atoms with Gasteiger partial charge in [-0.15, -0.1) is 0 Å². The van der Waals surface area contributed by atoms with Crippen LogP contribution in [0.5, 0.6) is 0 Å². The molecule has 0 radical (unpaired) electrons. The van der Waals surface area contributed by atoms with E-state index in [1.807, 2.05) is 112 Å². The van der Waals surface area contributed by atoms with Gasteiger partial charge in [-0.3, -0.25) is 19.5 Å². The van der Waals surface area contributed by atoms with Crippen LogP contribution in [0.15, 0.2) is 103 Å². The summed E-state index contributed by atoms with van der Waals surface area (Å²) in [6.07, 6.45) is -0.0873. The van der Waals surface area contributed by atoms with Gasteiger partial charge in [-0.1, -0.05) is 114 Å². The standard InChI is InChI=1S/C47H61N7O6/c1-46(2,3)40(52(7)45(59)60)42(56)50-36(27-32-19-21-34(22-20-32)37-18-11-12-23-49-37)29-39(55)38(28-31-14-9-8-10-15-31)51-43(57)41(47(4,5)6)54-25-24-53(44(54)58)30-33-16-13-17-35(48)26-33/h8-23,26,36,38-41,55H,24-25,27-30,48H2,1-7H3,(H,50,56)(H,51,57)(H,59,60)/t36-,38-,39-,40+,41+/m0/s1. The molecule has 13 heteroatoms. The molecule has 4 aromatic rings. The molecule has 6 N–H and O–H groups in total. The number of carbonyl (C=O) groups excluding carboxylic acids is 3. The number of carbonyl (C=O) groups is 4. The Bertz CT molecular complexity index is 2070. The van der Waals surface area contributed by atoms with Crippen molar-refractivity contribution in [2.75, 3.05) is 25.9 Å². The zero-order chi connectivity index (χ0) is 43.8. The first kappa shape index (κ1) is 45.1. The van der Waals surface area contributed by atoms with E-state index < -0.39 is 59.0 Å². The molecule has 0 bridgehead atoms. The Hall–Kier alpha value is -5.95. The van der Waals surface area contributed by atoms with E-state index in [9.17, 15) is 29.4 Å². The van der Waals surface area contributed by atoms with Gasteiger partial charge in [0.25, 0.3) is 0 Å². The normalized spacial score (nSPS) is 15.8. The highest BCUT2D eigenvalue weighted by atomic mass is 16.4. The molecule has 0 unspecified atom stereocenters. The van der Waals surface area contributed by atoms with Crippen LogP contribution in [0.25, 0.3) is 11.3 Å². The van der Waals surface area contributed by atoms with Crippen LogP contribution in [0.4, 0.5) is 15.3 Å². The quantitative estimate of drug-likeness (QED) is 0.0828. The van der Waals surface area contributed by atoms with E-state index in [4.69, 9.17) is 5.73 Å². The number of aliphatic hydroxyl groups excluding tert-OH is 1. The number of urea groups is 1. The summed E-state index contributed by atoms with van der Waals surface area (Å²) in [5.41, 5.74) is 9.54. The molecular formula is C47H61N7O6. The molecule has 5 rings (SSSR count). The summed E-state index contributed by atoms with van der Waals surface area (Å²) in [5.74, 6) is -0.898. The summed E-state index contributed by atoms with van der Waals surface area (Å²) < 4.78 is 0. The summed E-state index contributed by atoms with van der Waals surface area (Å²) in [4.78, 5) is 63.6. The predicted octanol–water partition coefficient (Wildman–Crippen LogP) is 6.21. The minimum atomic E-state index is -1.24. The molecular weight excluding hydrogens is 759 g/mol. The Balaban J connectivity index is 1.43. The van der Waals surface area contributed by atoms with Crippen LogP contribution < -0.4 is 16.4 Å². The first-order valence-electron chi connectivity index (χ1n) is 20.5. The Kier molecular flexibility index (Phi) is 14.6. The van der Waals surface area contributed by atoms with E-state index in [0.29, 0.717) is 31.7 Å². The number of nitrogens with zero attached hydrogens (tertiary/aromatic N) is 4. The largest absolute Gasteiger partial charge is 0.465 e. The first-order chi connectivity index (χ1) is 28.3. The number of nitrogen functional groups attached to an aromatic ring is 1. The molecule has 0 aliphatic carbocycles. The number of aromatic nitrogens is 1. The Morgan fingerprint density at radius 3 is 2.05 bits per heavy atom. The number of anilines is 1. The van der Waals surface area contributed by atoms with Gasteiger partial charge < -0.3 is 36.4 Å². The molecule has 1 aliphatic rings. The molecule has 1 saturated heterocycles. The van der Waals surface area contributed by atoms with E-state index in [-0.39, 0.29) is 18.9 Å². The molecule has 1 aromatic heterocycles. The van der Waals surface area contributed by atoms with Crippen molar-refractivity contribution in [3.8, 4) is 11.3 Å². The van der Waals surface area contributed by atoms with Gasteiger partial charge in [-0.2, -0.15) is 0 Å². The third-order valence-corrected chi connectivity index (χ3v) is 10.9. The van der Waals surface area contributed by atoms with E-state index in [0.717, 1.165) is 32.8 Å². The minimum Gasteiger partial charge on any atom is -0.465 e. The molecule has 0 spiro atoms. The van der Waals surface area contributed by atoms with Gasteiger partial charge in [0, 0.05) is 50.2 Å². The van der Waals surface area contributed by atoms with Crippen LogP contribution >= 0.6 is 0 Å². The highest BCUT2D eigenvalue weighted by molar-refractivity contribution is 5.89. The molecule has 320 valence electrons. The van der Waals surface area contributed by atoms with Gasteiger partial charge in [-0.25, -0.2) is 9.59 Å². The van der Waals surface area contributed by atoms with Crippen molar-refractivity contribution in [2.24, 2.45) is 10.8 Å². The third-order valence-electron chi connectivity index (χ3n) is 10.9. The molecule has 1 aliphatic heterocycles. The van der Waals surface area contributed by atoms with Crippen LogP contribution in [0.1, 0.15) is 64.7 Å². The van der Waals surface area contributed by atoms with Crippen molar-refractivity contribution >= 4 is 29.6 Å². The second-order valence-electron chi connectivity index (χ2n) is 18.0. The van der Waals surface area contributed by atoms with Crippen molar-refractivity contribution < 1.29 is 29.4 Å². The van der Waals surface area contributed by atoms with Crippen LogP contribution in [0, 0.1) is 10.8 Å². The SMILES string of the molecule is CN(C(=O)O)[C@H](C(=O)N[C@@H](Cc1ccc(-c2ccccn2)cc1)C[C@H](O)[C@H](Cc1ccccc1)NC(=O)[C@@H](N1CCN(Cc2cccc(N)c2)C1=O)C(C)(C)C)C(C)(C)C. The van der Waals surface area contributed by atoms with Crippen molar-refractivity contribution in [1.82, 2.24) is 30.3 Å². The number of rotatable bonds is 16. The molecule has 13 nitrogen and oxygen atoms in total. The zero-order valence-electron chi connectivity index (χ0n) is 35.8. The number of benzene rings is 3. The maximum atomic E-state index is 14.6. The molecule has 5 amide bonds. The number of carboxylic acid groups (broad SMARTS) is 1. The van der Waals surface area contributed by atoms with E-state index in [2.05, 4.69) is 15.6 Å². The number of amides is 5. The maximum absolute atomic E-state index is 14.6. The number of hydrogen-bond donors (Lipinski definition) is 5. The van der Waals surface area contributed by atoms with Crippen molar-refractivity contribution in [1.29, 1.82) is 0 Å². The van der Waals surface area contributed by atoms with Gasteiger partial charge in [-0.05, 0) is 71.0 Å². The van der Waals surface area contributed by atoms with E-state index in [1.54, 1.807) is 42.8 Å². The number of pyridine rings is 1. The number of aliphatic hydroxyl groups is 1. The molecule has 2 heterocycles. The van der Waals surface area contributed by atoms with Crippen LogP contribution in [-0.2, 0) is 29.0 Å². The highest BCUT2D eigenvalue weighted by Crippen LogP contribution is 2.30. The lowest BCUT2D eigenvalue weighted by Crippen LogP contribution is -2.59. The van der Waals surface area contributed by atoms with Gasteiger partial charge >= 0.3 is 12.1 Å². The lowest BCUT2D eigenvalue weighted by molar-refractivity contribution is -0.131. The molecule has 60 heavy (non-hydrogen) atoms. The first-order valence-corrected chi connectivity index (χ1v) is 20.5. The van der Waals surface area contributed by atoms with E-state index in [1.165, 1.54) is 7.05 Å². The van der Waals surface area contributed by atoms with Crippen molar-refractivity contribution in [3.05, 3.63) is 120 Å². The minimum absolute atomic E-state index is 0.0238. The summed E-state index contributed by atoms with van der Waals surface area (Å²) in [5, 5.41) is 28.4. The summed E-state index contributed by atoms with van der Waals surface area (Å²) >= 11 is 0. The van der Waals surface area contributed by atoms with Crippen LogP contribution in [0.3, 0.4) is 0 Å². The second kappa shape index (κ2) is 19.4. The van der Waals surface area contributed by atoms with Gasteiger partial charge in [0.05, 0.1) is 17.8 Å². The number of likely N-dealkylation sites (N-methyl/N-ethyl adjacent to an activating group) is 1. The summed E-state index contributed by atoms with van der Waals surface area (Å²) in [6, 6.07) is 26.7. The monoisotopic (exact) mass is 819 g/mol. The molecule has 3 aromatic carbocycles. The Morgan fingerprint density at radius 1 is 0.800 bits per heavy atom. The Morgan fingerprint density at radius 2 is 1.45 bits per heavy atom. The highest BCUT2D eigenvalue weighted by Gasteiger charge is 2.45. The van der Waals surface area contributed by atoms with E-state index >= 15 is 0 Å². The average molecular weight is 820 g/mol. The summed E-state index contributed by atoms with van der Waals surface area (Å²) in [7, 11) is 1.37. The molecule has 1 fully saturated rings. The fraction of sp³-hybridized carbons (Fsp3) is 0.426. The van der Waals surface area contributed by atoms with Gasteiger partial charge in [0.15, 0.2) is 0 Å². The third kappa shape index (κ3) is 11.8. The topological polar surface area (TPSA) is 181 Å². The lowest BCUT2D eigenvalue weighted by Gasteiger charge is -2.38. The van der Waals surface area contributed by atoms with Gasteiger partial charge in [0.2, 0.25) is 11.8 Å². The zero-order valence-corrected chi connectivity index (χ0v) is 35.8. The summed E-state index contributed by atoms with van der Waals surface area (Å²) in [6.45, 7) is 12.3. The number of nitrogens with two attached hydrogens (primary N) is 1. The number of nitrogens with one attached hydrogen (secondary N) is 2. The number of hydrogen-bond acceptors (Lipinski definition) is 7. The second-order valence-corrected chi connectivity index (χ2v) is 18.0. The molecule has 5 atom stereocenters. The fourth-order valence-corrected chi connectivity index (χ4v) is 8.13.